The number of furan rings is 1. The molecule has 0 amide bonds. The Morgan fingerprint density at radius 1 is 0.415 bits per heavy atom. The number of fused-ring (bicyclic) bond motifs is 4. The smallest absolute Gasteiger partial charge is 0.164 e. The Morgan fingerprint density at radius 3 is 1.83 bits per heavy atom. The van der Waals surface area contributed by atoms with E-state index < -0.39 is 0 Å². The fourth-order valence-electron chi connectivity index (χ4n) is 5.53. The summed E-state index contributed by atoms with van der Waals surface area (Å²) in [6.45, 7) is 0. The van der Waals surface area contributed by atoms with Crippen LogP contribution in [0.4, 0.5) is 0 Å². The van der Waals surface area contributed by atoms with Crippen LogP contribution in [0.5, 0.6) is 0 Å². The molecule has 4 nitrogen and oxygen atoms in total. The summed E-state index contributed by atoms with van der Waals surface area (Å²) in [5, 5.41) is 4.35. The van der Waals surface area contributed by atoms with Gasteiger partial charge in [-0.2, -0.15) is 0 Å². The van der Waals surface area contributed by atoms with Gasteiger partial charge < -0.3 is 4.42 Å². The molecule has 0 saturated carbocycles. The first-order valence-corrected chi connectivity index (χ1v) is 13.6. The Bertz CT molecular complexity index is 2200. The maximum atomic E-state index is 6.51. The minimum absolute atomic E-state index is 0.609. The van der Waals surface area contributed by atoms with Gasteiger partial charge in [0.25, 0.3) is 0 Å². The second-order valence-electron chi connectivity index (χ2n) is 10.1. The molecule has 0 bridgehead atoms. The SMILES string of the molecule is c1ccc(-c2nc(-c3ccc4ccccc4c3)nc(-c3ccc(-c4ccccc4)c4oc5ccccc5c34)n2)cc1. The first-order valence-electron chi connectivity index (χ1n) is 13.6. The zero-order valence-corrected chi connectivity index (χ0v) is 22.0. The lowest BCUT2D eigenvalue weighted by Crippen LogP contribution is -2.00. The summed E-state index contributed by atoms with van der Waals surface area (Å²) in [6.07, 6.45) is 0. The van der Waals surface area contributed by atoms with Crippen LogP contribution in [0.1, 0.15) is 0 Å². The molecule has 2 aromatic heterocycles. The van der Waals surface area contributed by atoms with Crippen LogP contribution in [0, 0.1) is 0 Å². The third-order valence-electron chi connectivity index (χ3n) is 7.53. The van der Waals surface area contributed by atoms with Crippen LogP contribution < -0.4 is 0 Å². The lowest BCUT2D eigenvalue weighted by Gasteiger charge is -2.11. The molecule has 0 radical (unpaired) electrons. The van der Waals surface area contributed by atoms with Crippen molar-refractivity contribution in [2.45, 2.75) is 0 Å². The molecule has 8 rings (SSSR count). The number of hydrogen-bond acceptors (Lipinski definition) is 4. The van der Waals surface area contributed by atoms with E-state index in [1.54, 1.807) is 0 Å². The van der Waals surface area contributed by atoms with E-state index in [4.69, 9.17) is 19.4 Å². The third-order valence-corrected chi connectivity index (χ3v) is 7.53. The predicted molar refractivity (Wildman–Crippen MR) is 166 cm³/mol. The molecule has 0 spiro atoms. The molecule has 41 heavy (non-hydrogen) atoms. The van der Waals surface area contributed by atoms with Gasteiger partial charge in [-0.15, -0.1) is 0 Å². The fraction of sp³-hybridized carbons (Fsp3) is 0. The highest BCUT2D eigenvalue weighted by Gasteiger charge is 2.20. The Hall–Kier alpha value is -5.61. The van der Waals surface area contributed by atoms with Gasteiger partial charge in [0.1, 0.15) is 11.2 Å². The lowest BCUT2D eigenvalue weighted by molar-refractivity contribution is 0.670. The van der Waals surface area contributed by atoms with Crippen LogP contribution in [0.3, 0.4) is 0 Å². The van der Waals surface area contributed by atoms with E-state index in [0.29, 0.717) is 17.5 Å². The number of aromatic nitrogens is 3. The van der Waals surface area contributed by atoms with Crippen molar-refractivity contribution in [3.8, 4) is 45.3 Å². The molecule has 6 aromatic carbocycles. The van der Waals surface area contributed by atoms with Gasteiger partial charge in [-0.05, 0) is 40.6 Å². The van der Waals surface area contributed by atoms with Crippen molar-refractivity contribution in [1.29, 1.82) is 0 Å². The Kier molecular flexibility index (Phi) is 5.42. The first-order chi connectivity index (χ1) is 20.3. The van der Waals surface area contributed by atoms with Crippen molar-refractivity contribution in [3.63, 3.8) is 0 Å². The molecule has 0 aliphatic heterocycles. The molecular formula is C37H23N3O. The van der Waals surface area contributed by atoms with E-state index in [1.807, 2.05) is 66.7 Å². The average Bonchev–Trinajstić information content (AvgIpc) is 3.44. The van der Waals surface area contributed by atoms with Crippen LogP contribution in [-0.2, 0) is 0 Å². The van der Waals surface area contributed by atoms with Crippen LogP contribution in [0.2, 0.25) is 0 Å². The quantitative estimate of drug-likeness (QED) is 0.230. The fourth-order valence-corrected chi connectivity index (χ4v) is 5.53. The minimum atomic E-state index is 0.609. The number of para-hydroxylation sites is 1. The predicted octanol–water partition coefficient (Wildman–Crippen LogP) is 9.59. The average molecular weight is 526 g/mol. The first kappa shape index (κ1) is 23.3. The molecule has 8 aromatic rings. The number of rotatable bonds is 4. The van der Waals surface area contributed by atoms with E-state index >= 15 is 0 Å². The van der Waals surface area contributed by atoms with E-state index in [2.05, 4.69) is 72.8 Å². The molecular weight excluding hydrogens is 502 g/mol. The molecule has 0 N–H and O–H groups in total. The summed E-state index contributed by atoms with van der Waals surface area (Å²) in [5.74, 6) is 1.87. The van der Waals surface area contributed by atoms with Crippen LogP contribution >= 0.6 is 0 Å². The highest BCUT2D eigenvalue weighted by atomic mass is 16.3. The van der Waals surface area contributed by atoms with E-state index in [0.717, 1.165) is 55.1 Å². The molecule has 0 unspecified atom stereocenters. The number of benzene rings is 6. The lowest BCUT2D eigenvalue weighted by atomic mass is 9.98. The summed E-state index contributed by atoms with van der Waals surface area (Å²) in [6, 6.07) is 47.5. The van der Waals surface area contributed by atoms with Crippen LogP contribution in [0.15, 0.2) is 144 Å². The zero-order chi connectivity index (χ0) is 27.2. The van der Waals surface area contributed by atoms with Crippen molar-refractivity contribution in [1.82, 2.24) is 15.0 Å². The van der Waals surface area contributed by atoms with Gasteiger partial charge in [0.15, 0.2) is 17.5 Å². The summed E-state index contributed by atoms with van der Waals surface area (Å²) < 4.78 is 6.51. The highest BCUT2D eigenvalue weighted by Crippen LogP contribution is 2.41. The second kappa shape index (κ2) is 9.54. The van der Waals surface area contributed by atoms with Crippen LogP contribution in [0.25, 0.3) is 78.0 Å². The van der Waals surface area contributed by atoms with Gasteiger partial charge in [0, 0.05) is 33.0 Å². The number of nitrogens with zero attached hydrogens (tertiary/aromatic N) is 3. The molecule has 2 heterocycles. The number of hydrogen-bond donors (Lipinski definition) is 0. The molecule has 0 saturated heterocycles. The standard InChI is InChI=1S/C37H23N3O/c1-3-12-25(13-4-1)29-21-22-31(33-30-17-9-10-18-32(30)41-34(29)33)37-39-35(26-14-5-2-6-15-26)38-36(40-37)28-20-19-24-11-7-8-16-27(24)23-28/h1-23H. The van der Waals surface area contributed by atoms with E-state index in [1.165, 1.54) is 5.39 Å². The Morgan fingerprint density at radius 2 is 1.02 bits per heavy atom. The molecule has 0 aliphatic carbocycles. The highest BCUT2D eigenvalue weighted by molar-refractivity contribution is 6.15. The Labute approximate surface area is 236 Å². The molecule has 4 heteroatoms. The van der Waals surface area contributed by atoms with Crippen LogP contribution in [-0.4, -0.2) is 15.0 Å². The topological polar surface area (TPSA) is 51.8 Å². The van der Waals surface area contributed by atoms with E-state index in [9.17, 15) is 0 Å². The molecule has 0 aliphatic rings. The monoisotopic (exact) mass is 525 g/mol. The van der Waals surface area contributed by atoms with Crippen molar-refractivity contribution in [3.05, 3.63) is 140 Å². The summed E-state index contributed by atoms with van der Waals surface area (Å²) in [4.78, 5) is 15.1. The normalized spacial score (nSPS) is 11.4. The maximum absolute atomic E-state index is 6.51. The maximum Gasteiger partial charge on any atom is 0.164 e. The van der Waals surface area contributed by atoms with E-state index in [-0.39, 0.29) is 0 Å². The second-order valence-corrected chi connectivity index (χ2v) is 10.1. The van der Waals surface area contributed by atoms with Gasteiger partial charge in [0.2, 0.25) is 0 Å². The molecule has 0 atom stereocenters. The minimum Gasteiger partial charge on any atom is -0.455 e. The largest absolute Gasteiger partial charge is 0.455 e. The summed E-state index contributed by atoms with van der Waals surface area (Å²) in [5.41, 5.74) is 6.58. The van der Waals surface area contributed by atoms with Gasteiger partial charge in [-0.3, -0.25) is 0 Å². The van der Waals surface area contributed by atoms with Gasteiger partial charge in [-0.1, -0.05) is 115 Å². The zero-order valence-electron chi connectivity index (χ0n) is 22.0. The van der Waals surface area contributed by atoms with Gasteiger partial charge >= 0.3 is 0 Å². The van der Waals surface area contributed by atoms with Gasteiger partial charge in [-0.25, -0.2) is 15.0 Å². The summed E-state index contributed by atoms with van der Waals surface area (Å²) >= 11 is 0. The third kappa shape index (κ3) is 4.05. The van der Waals surface area contributed by atoms with Crippen molar-refractivity contribution < 1.29 is 4.42 Å². The van der Waals surface area contributed by atoms with Gasteiger partial charge in [0.05, 0.1) is 0 Å². The summed E-state index contributed by atoms with van der Waals surface area (Å²) in [7, 11) is 0. The molecule has 0 fully saturated rings. The molecule has 192 valence electrons. The van der Waals surface area contributed by atoms with Crippen molar-refractivity contribution >= 4 is 32.7 Å². The Balaban J connectivity index is 1.41. The van der Waals surface area contributed by atoms with Crippen molar-refractivity contribution in [2.24, 2.45) is 0 Å². The van der Waals surface area contributed by atoms with Crippen molar-refractivity contribution in [2.75, 3.05) is 0 Å².